The fourth-order valence-corrected chi connectivity index (χ4v) is 2.18. The molecule has 2 aromatic carbocycles. The van der Waals surface area contributed by atoms with E-state index in [1.54, 1.807) is 12.1 Å². The minimum absolute atomic E-state index is 0.261. The Morgan fingerprint density at radius 2 is 1.67 bits per heavy atom. The van der Waals surface area contributed by atoms with E-state index in [4.69, 9.17) is 11.6 Å². The van der Waals surface area contributed by atoms with E-state index in [2.05, 4.69) is 4.98 Å². The van der Waals surface area contributed by atoms with Gasteiger partial charge in [0.1, 0.15) is 11.0 Å². The van der Waals surface area contributed by atoms with E-state index in [9.17, 15) is 4.39 Å². The number of pyridine rings is 1. The number of aromatic nitrogens is 1. The van der Waals surface area contributed by atoms with Crippen molar-refractivity contribution in [2.45, 2.75) is 0 Å². The molecule has 1 aromatic heterocycles. The number of fused-ring (bicyclic) bond motifs is 1. The fourth-order valence-electron chi connectivity index (χ4n) is 1.92. The van der Waals surface area contributed by atoms with E-state index in [1.165, 1.54) is 12.1 Å². The predicted molar refractivity (Wildman–Crippen MR) is 72.1 cm³/mol. The van der Waals surface area contributed by atoms with Gasteiger partial charge in [-0.2, -0.15) is 0 Å². The molecule has 3 heteroatoms. The Bertz CT molecular complexity index is 707. The highest BCUT2D eigenvalue weighted by Crippen LogP contribution is 2.29. The number of halogens is 2. The van der Waals surface area contributed by atoms with E-state index in [-0.39, 0.29) is 5.82 Å². The second kappa shape index (κ2) is 4.39. The molecule has 3 aromatic rings. The van der Waals surface area contributed by atoms with E-state index in [0.29, 0.717) is 5.15 Å². The van der Waals surface area contributed by atoms with Crippen molar-refractivity contribution in [2.24, 2.45) is 0 Å². The highest BCUT2D eigenvalue weighted by molar-refractivity contribution is 6.32. The van der Waals surface area contributed by atoms with Crippen molar-refractivity contribution >= 4 is 22.5 Å². The second-order valence-electron chi connectivity index (χ2n) is 4.03. The lowest BCUT2D eigenvalue weighted by Crippen LogP contribution is -1.86. The molecule has 88 valence electrons. The molecule has 0 aliphatic carbocycles. The van der Waals surface area contributed by atoms with Crippen LogP contribution in [0.1, 0.15) is 0 Å². The van der Waals surface area contributed by atoms with Crippen LogP contribution in [-0.2, 0) is 0 Å². The molecule has 0 N–H and O–H groups in total. The molecule has 0 unspecified atom stereocenters. The molecule has 0 spiro atoms. The SMILES string of the molecule is Fc1ccc(-c2cc3ccccc3nc2Cl)cc1. The molecule has 0 saturated heterocycles. The second-order valence-corrected chi connectivity index (χ2v) is 4.38. The minimum atomic E-state index is -0.261. The van der Waals surface area contributed by atoms with Crippen LogP contribution in [0.2, 0.25) is 5.15 Å². The monoisotopic (exact) mass is 257 g/mol. The summed E-state index contributed by atoms with van der Waals surface area (Å²) in [7, 11) is 0. The minimum Gasteiger partial charge on any atom is -0.235 e. The molecule has 0 radical (unpaired) electrons. The van der Waals surface area contributed by atoms with Gasteiger partial charge >= 0.3 is 0 Å². The standard InChI is InChI=1S/C15H9ClFN/c16-15-13(10-5-7-12(17)8-6-10)9-11-3-1-2-4-14(11)18-15/h1-9H. The van der Waals surface area contributed by atoms with E-state index < -0.39 is 0 Å². The van der Waals surface area contributed by atoms with E-state index in [1.807, 2.05) is 30.3 Å². The summed E-state index contributed by atoms with van der Waals surface area (Å²) in [5.74, 6) is -0.261. The van der Waals surface area contributed by atoms with Gasteiger partial charge in [-0.15, -0.1) is 0 Å². The molecule has 3 rings (SSSR count). The maximum Gasteiger partial charge on any atom is 0.137 e. The van der Waals surface area contributed by atoms with Gasteiger partial charge in [-0.1, -0.05) is 41.9 Å². The van der Waals surface area contributed by atoms with Crippen molar-refractivity contribution in [3.63, 3.8) is 0 Å². The van der Waals surface area contributed by atoms with Gasteiger partial charge in [-0.3, -0.25) is 0 Å². The van der Waals surface area contributed by atoms with Gasteiger partial charge < -0.3 is 0 Å². The van der Waals surface area contributed by atoms with E-state index >= 15 is 0 Å². The Hall–Kier alpha value is -1.93. The van der Waals surface area contributed by atoms with Crippen molar-refractivity contribution in [1.29, 1.82) is 0 Å². The lowest BCUT2D eigenvalue weighted by Gasteiger charge is -2.06. The zero-order valence-corrected chi connectivity index (χ0v) is 10.2. The first-order valence-electron chi connectivity index (χ1n) is 5.55. The molecular formula is C15H9ClFN. The maximum absolute atomic E-state index is 12.9. The molecule has 0 aliphatic rings. The summed E-state index contributed by atoms with van der Waals surface area (Å²) in [6, 6.07) is 16.0. The summed E-state index contributed by atoms with van der Waals surface area (Å²) in [6.07, 6.45) is 0. The molecule has 0 atom stereocenters. The highest BCUT2D eigenvalue weighted by Gasteiger charge is 2.07. The van der Waals surface area contributed by atoms with Crippen LogP contribution >= 0.6 is 11.6 Å². The third kappa shape index (κ3) is 1.95. The zero-order valence-electron chi connectivity index (χ0n) is 9.40. The Morgan fingerprint density at radius 3 is 2.44 bits per heavy atom. The zero-order chi connectivity index (χ0) is 12.5. The lowest BCUT2D eigenvalue weighted by atomic mass is 10.1. The summed E-state index contributed by atoms with van der Waals surface area (Å²) < 4.78 is 12.9. The number of hydrogen-bond donors (Lipinski definition) is 0. The van der Waals surface area contributed by atoms with Crippen LogP contribution in [0, 0.1) is 5.82 Å². The number of nitrogens with zero attached hydrogens (tertiary/aromatic N) is 1. The van der Waals surface area contributed by atoms with E-state index in [0.717, 1.165) is 22.0 Å². The van der Waals surface area contributed by atoms with Crippen molar-refractivity contribution in [1.82, 2.24) is 4.98 Å². The summed E-state index contributed by atoms with van der Waals surface area (Å²) in [5.41, 5.74) is 2.53. The Morgan fingerprint density at radius 1 is 0.944 bits per heavy atom. The average molecular weight is 258 g/mol. The molecular weight excluding hydrogens is 249 g/mol. The summed E-state index contributed by atoms with van der Waals surface area (Å²) in [4.78, 5) is 4.35. The summed E-state index contributed by atoms with van der Waals surface area (Å²) in [6.45, 7) is 0. The first-order chi connectivity index (χ1) is 8.74. The fraction of sp³-hybridized carbons (Fsp3) is 0. The Kier molecular flexibility index (Phi) is 2.73. The smallest absolute Gasteiger partial charge is 0.137 e. The van der Waals surface area contributed by atoms with Gasteiger partial charge in [0.05, 0.1) is 5.52 Å². The molecule has 0 aliphatic heterocycles. The summed E-state index contributed by atoms with van der Waals surface area (Å²) >= 11 is 6.17. The van der Waals surface area contributed by atoms with Gasteiger partial charge in [0, 0.05) is 10.9 Å². The number of benzene rings is 2. The number of hydrogen-bond acceptors (Lipinski definition) is 1. The predicted octanol–water partition coefficient (Wildman–Crippen LogP) is 4.69. The first-order valence-corrected chi connectivity index (χ1v) is 5.93. The third-order valence-electron chi connectivity index (χ3n) is 2.83. The maximum atomic E-state index is 12.9. The molecule has 0 fully saturated rings. The lowest BCUT2D eigenvalue weighted by molar-refractivity contribution is 0.628. The summed E-state index contributed by atoms with van der Waals surface area (Å²) in [5, 5.41) is 1.45. The first kappa shape index (κ1) is 11.2. The van der Waals surface area contributed by atoms with Crippen LogP contribution < -0.4 is 0 Å². The quantitative estimate of drug-likeness (QED) is 0.576. The Balaban J connectivity index is 2.22. The molecule has 0 amide bonds. The van der Waals surface area contributed by atoms with Gasteiger partial charge in [0.2, 0.25) is 0 Å². The number of para-hydroxylation sites is 1. The van der Waals surface area contributed by atoms with Crippen molar-refractivity contribution in [3.05, 3.63) is 65.6 Å². The molecule has 0 bridgehead atoms. The third-order valence-corrected chi connectivity index (χ3v) is 3.12. The van der Waals surface area contributed by atoms with Crippen molar-refractivity contribution < 1.29 is 4.39 Å². The van der Waals surface area contributed by atoms with Crippen LogP contribution in [0.15, 0.2) is 54.6 Å². The van der Waals surface area contributed by atoms with Crippen LogP contribution in [0.25, 0.3) is 22.0 Å². The highest BCUT2D eigenvalue weighted by atomic mass is 35.5. The van der Waals surface area contributed by atoms with Crippen LogP contribution in [0.4, 0.5) is 4.39 Å². The number of rotatable bonds is 1. The van der Waals surface area contributed by atoms with Crippen molar-refractivity contribution in [2.75, 3.05) is 0 Å². The van der Waals surface area contributed by atoms with Crippen molar-refractivity contribution in [3.8, 4) is 11.1 Å². The molecule has 0 saturated carbocycles. The van der Waals surface area contributed by atoms with Gasteiger partial charge in [-0.05, 0) is 29.8 Å². The van der Waals surface area contributed by atoms with Crippen LogP contribution in [0.3, 0.4) is 0 Å². The molecule has 18 heavy (non-hydrogen) atoms. The molecule has 1 heterocycles. The average Bonchev–Trinajstić information content (AvgIpc) is 2.39. The largest absolute Gasteiger partial charge is 0.235 e. The van der Waals surface area contributed by atoms with Crippen LogP contribution in [-0.4, -0.2) is 4.98 Å². The van der Waals surface area contributed by atoms with Crippen LogP contribution in [0.5, 0.6) is 0 Å². The van der Waals surface area contributed by atoms with Gasteiger partial charge in [0.15, 0.2) is 0 Å². The normalized spacial score (nSPS) is 10.8. The molecule has 1 nitrogen and oxygen atoms in total. The van der Waals surface area contributed by atoms with Gasteiger partial charge in [0.25, 0.3) is 0 Å². The van der Waals surface area contributed by atoms with Gasteiger partial charge in [-0.25, -0.2) is 9.37 Å². The topological polar surface area (TPSA) is 12.9 Å². The Labute approximate surface area is 109 Å².